The van der Waals surface area contributed by atoms with Gasteiger partial charge in [0.25, 0.3) is 11.8 Å². The number of benzene rings is 3. The number of aliphatic hydroxyl groups excluding tert-OH is 2. The molecule has 0 spiro atoms. The summed E-state index contributed by atoms with van der Waals surface area (Å²) < 4.78 is 2.22. The van der Waals surface area contributed by atoms with Crippen molar-refractivity contribution < 1.29 is 30.0 Å². The molecule has 2 amide bonds. The van der Waals surface area contributed by atoms with Gasteiger partial charge in [0.2, 0.25) is 0 Å². The number of anilines is 2. The van der Waals surface area contributed by atoms with Gasteiger partial charge in [0.1, 0.15) is 5.57 Å². The minimum Gasteiger partial charge on any atom is -0.364 e. The van der Waals surface area contributed by atoms with Crippen LogP contribution in [0, 0.1) is 0 Å². The average Bonchev–Trinajstić information content (AvgIpc) is 3.47. The second kappa shape index (κ2) is 11.5. The molecular formula is C32H31N3O6. The normalized spacial score (nSPS) is 14.9. The fourth-order valence-corrected chi connectivity index (χ4v) is 4.86. The third-order valence-electron chi connectivity index (χ3n) is 7.29. The molecule has 1 fully saturated rings. The van der Waals surface area contributed by atoms with Gasteiger partial charge in [-0.3, -0.25) is 9.59 Å². The van der Waals surface area contributed by atoms with Gasteiger partial charge >= 0.3 is 0 Å². The number of para-hydroxylation sites is 1. The number of rotatable bonds is 8. The van der Waals surface area contributed by atoms with Gasteiger partial charge in [-0.05, 0) is 55.3 Å². The molecule has 9 heteroatoms. The van der Waals surface area contributed by atoms with Crippen LogP contribution < -0.4 is 10.0 Å². The molecule has 1 aliphatic rings. The summed E-state index contributed by atoms with van der Waals surface area (Å²) in [4.78, 5) is 27.3. The molecule has 9 nitrogen and oxygen atoms in total. The Balaban J connectivity index is 1.53. The van der Waals surface area contributed by atoms with Crippen LogP contribution in [0.4, 0.5) is 11.4 Å². The van der Waals surface area contributed by atoms with Crippen molar-refractivity contribution in [2.75, 3.05) is 10.0 Å². The maximum atomic E-state index is 13.7. The SMILES string of the molecule is CCC(C)n1cc(/C=C/C=C2C(=O)N(c3ccc(C(O)O)cc3)N(c3ccc(C(O)O)cc3)C2=O)c2ccccc21. The number of hydrogen-bond acceptors (Lipinski definition) is 6. The first-order valence-corrected chi connectivity index (χ1v) is 13.3. The van der Waals surface area contributed by atoms with Crippen molar-refractivity contribution in [3.05, 3.63) is 113 Å². The monoisotopic (exact) mass is 553 g/mol. The van der Waals surface area contributed by atoms with E-state index in [0.29, 0.717) is 17.4 Å². The lowest BCUT2D eigenvalue weighted by Gasteiger charge is -2.27. The Bertz CT molecular complexity index is 1560. The number of hydrazine groups is 1. The first-order valence-electron chi connectivity index (χ1n) is 13.3. The van der Waals surface area contributed by atoms with Crippen LogP contribution in [0.15, 0.2) is 96.7 Å². The van der Waals surface area contributed by atoms with Crippen molar-refractivity contribution in [1.82, 2.24) is 4.57 Å². The Labute approximate surface area is 237 Å². The molecule has 210 valence electrons. The summed E-state index contributed by atoms with van der Waals surface area (Å²) in [6.07, 6.45) is 4.73. The lowest BCUT2D eigenvalue weighted by Crippen LogP contribution is -2.41. The Hall–Kier alpha value is -4.54. The predicted molar refractivity (Wildman–Crippen MR) is 156 cm³/mol. The third-order valence-corrected chi connectivity index (χ3v) is 7.29. The highest BCUT2D eigenvalue weighted by molar-refractivity contribution is 6.36. The highest BCUT2D eigenvalue weighted by atomic mass is 16.5. The summed E-state index contributed by atoms with van der Waals surface area (Å²) in [5.74, 6) is -1.13. The van der Waals surface area contributed by atoms with Crippen molar-refractivity contribution in [3.63, 3.8) is 0 Å². The maximum Gasteiger partial charge on any atom is 0.283 e. The largest absolute Gasteiger partial charge is 0.364 e. The van der Waals surface area contributed by atoms with Crippen LogP contribution in [0.1, 0.15) is 55.6 Å². The average molecular weight is 554 g/mol. The van der Waals surface area contributed by atoms with E-state index < -0.39 is 24.4 Å². The third kappa shape index (κ3) is 5.31. The van der Waals surface area contributed by atoms with E-state index in [1.165, 1.54) is 64.6 Å². The zero-order valence-corrected chi connectivity index (χ0v) is 22.6. The van der Waals surface area contributed by atoms with Crippen molar-refractivity contribution in [1.29, 1.82) is 0 Å². The van der Waals surface area contributed by atoms with E-state index in [2.05, 4.69) is 30.7 Å². The molecule has 2 heterocycles. The molecule has 4 N–H and O–H groups in total. The molecule has 1 unspecified atom stereocenters. The van der Waals surface area contributed by atoms with Crippen molar-refractivity contribution in [3.8, 4) is 0 Å². The molecule has 1 atom stereocenters. The molecule has 4 aromatic rings. The Kier molecular flexibility index (Phi) is 7.87. The summed E-state index contributed by atoms with van der Waals surface area (Å²) in [6, 6.07) is 20.3. The van der Waals surface area contributed by atoms with Gasteiger partial charge in [-0.1, -0.05) is 61.5 Å². The van der Waals surface area contributed by atoms with Gasteiger partial charge in [-0.2, -0.15) is 0 Å². The molecule has 1 saturated heterocycles. The zero-order valence-electron chi connectivity index (χ0n) is 22.6. The summed E-state index contributed by atoms with van der Waals surface area (Å²) >= 11 is 0. The topological polar surface area (TPSA) is 126 Å². The standard InChI is InChI=1S/C32H31N3O6/c1-3-20(2)33-19-23(26-8-4-5-10-28(26)33)7-6-9-27-29(36)34(24-15-11-21(12-16-24)31(38)39)35(30(27)37)25-17-13-22(14-18-25)32(40)41/h4-20,31-32,38-41H,3H2,1-2H3/b7-6+. The van der Waals surface area contributed by atoms with Crippen LogP contribution >= 0.6 is 0 Å². The lowest BCUT2D eigenvalue weighted by molar-refractivity contribution is -0.116. The first kappa shape index (κ1) is 28.0. The molecular weight excluding hydrogens is 522 g/mol. The molecule has 3 aromatic carbocycles. The van der Waals surface area contributed by atoms with Gasteiger partial charge in [0, 0.05) is 34.3 Å². The van der Waals surface area contributed by atoms with Gasteiger partial charge in [0.15, 0.2) is 12.6 Å². The van der Waals surface area contributed by atoms with Crippen LogP contribution in [-0.2, 0) is 9.59 Å². The van der Waals surface area contributed by atoms with Crippen molar-refractivity contribution in [2.24, 2.45) is 0 Å². The van der Waals surface area contributed by atoms with E-state index in [1.807, 2.05) is 24.3 Å². The minimum absolute atomic E-state index is 0.0653. The van der Waals surface area contributed by atoms with Crippen LogP contribution in [0.5, 0.6) is 0 Å². The molecule has 0 bridgehead atoms. The summed E-state index contributed by atoms with van der Waals surface area (Å²) in [5, 5.41) is 41.4. The van der Waals surface area contributed by atoms with Gasteiger partial charge in [0.05, 0.1) is 11.4 Å². The fraction of sp³-hybridized carbons (Fsp3) is 0.188. The number of amides is 2. The summed E-state index contributed by atoms with van der Waals surface area (Å²) in [7, 11) is 0. The molecule has 0 saturated carbocycles. The smallest absolute Gasteiger partial charge is 0.283 e. The van der Waals surface area contributed by atoms with Gasteiger partial charge in [-0.25, -0.2) is 10.0 Å². The Morgan fingerprint density at radius 1 is 0.756 bits per heavy atom. The first-order chi connectivity index (χ1) is 19.7. The van der Waals surface area contributed by atoms with Gasteiger partial charge in [-0.15, -0.1) is 0 Å². The number of allylic oxidation sites excluding steroid dienone is 2. The number of aliphatic hydroxyl groups is 4. The van der Waals surface area contributed by atoms with Crippen LogP contribution in [-0.4, -0.2) is 36.8 Å². The maximum absolute atomic E-state index is 13.7. The number of aromatic nitrogens is 1. The molecule has 0 radical (unpaired) electrons. The Morgan fingerprint density at radius 2 is 1.27 bits per heavy atom. The Morgan fingerprint density at radius 3 is 1.76 bits per heavy atom. The van der Waals surface area contributed by atoms with E-state index in [1.54, 1.807) is 6.08 Å². The number of carbonyl (C=O) groups excluding carboxylic acids is 2. The highest BCUT2D eigenvalue weighted by Crippen LogP contribution is 2.33. The van der Waals surface area contributed by atoms with E-state index in [9.17, 15) is 30.0 Å². The zero-order chi connectivity index (χ0) is 29.3. The van der Waals surface area contributed by atoms with Crippen LogP contribution in [0.25, 0.3) is 17.0 Å². The number of carbonyl (C=O) groups is 2. The van der Waals surface area contributed by atoms with Crippen LogP contribution in [0.3, 0.4) is 0 Å². The molecule has 0 aliphatic carbocycles. The summed E-state index contributed by atoms with van der Waals surface area (Å²) in [5.41, 5.74) is 3.13. The highest BCUT2D eigenvalue weighted by Gasteiger charge is 2.42. The van der Waals surface area contributed by atoms with E-state index in [-0.39, 0.29) is 16.7 Å². The number of fused-ring (bicyclic) bond motifs is 1. The molecule has 1 aliphatic heterocycles. The van der Waals surface area contributed by atoms with Crippen molar-refractivity contribution in [2.45, 2.75) is 38.9 Å². The number of nitrogens with zero attached hydrogens (tertiary/aromatic N) is 3. The quantitative estimate of drug-likeness (QED) is 0.144. The second-order valence-electron chi connectivity index (χ2n) is 9.87. The van der Waals surface area contributed by atoms with E-state index >= 15 is 0 Å². The molecule has 1 aromatic heterocycles. The minimum atomic E-state index is -1.68. The second-order valence-corrected chi connectivity index (χ2v) is 9.87. The van der Waals surface area contributed by atoms with E-state index in [0.717, 1.165) is 22.9 Å². The fourth-order valence-electron chi connectivity index (χ4n) is 4.86. The van der Waals surface area contributed by atoms with Crippen LogP contribution in [0.2, 0.25) is 0 Å². The molecule has 41 heavy (non-hydrogen) atoms. The number of hydrogen-bond donors (Lipinski definition) is 4. The van der Waals surface area contributed by atoms with E-state index in [4.69, 9.17) is 0 Å². The predicted octanol–water partition coefficient (Wildman–Crippen LogP) is 4.51. The summed E-state index contributed by atoms with van der Waals surface area (Å²) in [6.45, 7) is 4.29. The van der Waals surface area contributed by atoms with Crippen molar-refractivity contribution >= 4 is 40.2 Å². The molecule has 5 rings (SSSR count). The van der Waals surface area contributed by atoms with Gasteiger partial charge < -0.3 is 25.0 Å². The lowest BCUT2D eigenvalue weighted by atomic mass is 10.1.